The molecule has 1 aromatic rings. The number of benzene rings is 1. The van der Waals surface area contributed by atoms with Crippen LogP contribution >= 0.6 is 0 Å². The topological polar surface area (TPSA) is 26.3 Å². The maximum atomic E-state index is 12.0. The number of hydrogen-bond donors (Lipinski definition) is 0. The average Bonchev–Trinajstić information content (AvgIpc) is 3.08. The van der Waals surface area contributed by atoms with E-state index in [1.165, 1.54) is 0 Å². The van der Waals surface area contributed by atoms with E-state index in [1.807, 2.05) is 37.3 Å². The van der Waals surface area contributed by atoms with E-state index in [2.05, 4.69) is 6.58 Å². The third-order valence-electron chi connectivity index (χ3n) is 2.92. The SMILES string of the molecule is C=C(C)COC(=O)C1(c2ccccc2)CC1. The van der Waals surface area contributed by atoms with Crippen molar-refractivity contribution in [3.05, 3.63) is 48.0 Å². The van der Waals surface area contributed by atoms with Crippen molar-refractivity contribution in [2.24, 2.45) is 0 Å². The zero-order valence-corrected chi connectivity index (χ0v) is 9.53. The minimum atomic E-state index is -0.364. The molecule has 2 nitrogen and oxygen atoms in total. The molecule has 1 saturated carbocycles. The summed E-state index contributed by atoms with van der Waals surface area (Å²) >= 11 is 0. The van der Waals surface area contributed by atoms with Crippen molar-refractivity contribution in [3.63, 3.8) is 0 Å². The summed E-state index contributed by atoms with van der Waals surface area (Å²) in [5.74, 6) is -0.110. The lowest BCUT2D eigenvalue weighted by atomic mass is 9.96. The molecule has 0 bridgehead atoms. The van der Waals surface area contributed by atoms with Gasteiger partial charge in [-0.3, -0.25) is 4.79 Å². The molecule has 2 rings (SSSR count). The fraction of sp³-hybridized carbons (Fsp3) is 0.357. The first-order valence-corrected chi connectivity index (χ1v) is 5.52. The Morgan fingerprint density at radius 1 is 1.38 bits per heavy atom. The molecule has 0 atom stereocenters. The Kier molecular flexibility index (Phi) is 2.82. The standard InChI is InChI=1S/C14H16O2/c1-11(2)10-16-13(15)14(8-9-14)12-6-4-3-5-7-12/h3-7H,1,8-10H2,2H3. The fourth-order valence-corrected chi connectivity index (χ4v) is 1.82. The van der Waals surface area contributed by atoms with Crippen LogP contribution in [0.5, 0.6) is 0 Å². The van der Waals surface area contributed by atoms with E-state index < -0.39 is 0 Å². The lowest BCUT2D eigenvalue weighted by molar-refractivity contribution is -0.145. The Hall–Kier alpha value is -1.57. The summed E-state index contributed by atoms with van der Waals surface area (Å²) in [5, 5.41) is 0. The van der Waals surface area contributed by atoms with Crippen molar-refractivity contribution in [1.82, 2.24) is 0 Å². The van der Waals surface area contributed by atoms with Crippen LogP contribution < -0.4 is 0 Å². The first-order valence-electron chi connectivity index (χ1n) is 5.52. The fourth-order valence-electron chi connectivity index (χ4n) is 1.82. The molecule has 0 radical (unpaired) electrons. The molecule has 0 unspecified atom stereocenters. The number of ether oxygens (including phenoxy) is 1. The van der Waals surface area contributed by atoms with Crippen LogP contribution in [0.15, 0.2) is 42.5 Å². The van der Waals surface area contributed by atoms with Gasteiger partial charge in [-0.2, -0.15) is 0 Å². The first kappa shape index (κ1) is 10.9. The monoisotopic (exact) mass is 216 g/mol. The molecule has 1 fully saturated rings. The summed E-state index contributed by atoms with van der Waals surface area (Å²) < 4.78 is 5.25. The molecule has 0 aliphatic heterocycles. The highest BCUT2D eigenvalue weighted by atomic mass is 16.5. The van der Waals surface area contributed by atoms with Crippen LogP contribution in [0.4, 0.5) is 0 Å². The number of rotatable bonds is 4. The van der Waals surface area contributed by atoms with Crippen LogP contribution in [0, 0.1) is 0 Å². The highest BCUT2D eigenvalue weighted by molar-refractivity contribution is 5.86. The second kappa shape index (κ2) is 4.12. The molecular weight excluding hydrogens is 200 g/mol. The maximum absolute atomic E-state index is 12.0. The van der Waals surface area contributed by atoms with Gasteiger partial charge in [0.1, 0.15) is 6.61 Å². The Bertz CT molecular complexity index is 402. The molecule has 16 heavy (non-hydrogen) atoms. The Labute approximate surface area is 95.9 Å². The molecular formula is C14H16O2. The van der Waals surface area contributed by atoms with Crippen molar-refractivity contribution in [2.45, 2.75) is 25.2 Å². The lowest BCUT2D eigenvalue weighted by Gasteiger charge is -2.14. The first-order chi connectivity index (χ1) is 7.65. The smallest absolute Gasteiger partial charge is 0.316 e. The normalized spacial score (nSPS) is 16.6. The molecule has 0 spiro atoms. The quantitative estimate of drug-likeness (QED) is 0.571. The van der Waals surface area contributed by atoms with Gasteiger partial charge in [-0.25, -0.2) is 0 Å². The number of carbonyl (C=O) groups is 1. The number of hydrogen-bond acceptors (Lipinski definition) is 2. The molecule has 0 amide bonds. The van der Waals surface area contributed by atoms with Crippen molar-refractivity contribution < 1.29 is 9.53 Å². The van der Waals surface area contributed by atoms with E-state index in [-0.39, 0.29) is 11.4 Å². The van der Waals surface area contributed by atoms with Gasteiger partial charge < -0.3 is 4.74 Å². The van der Waals surface area contributed by atoms with Crippen molar-refractivity contribution in [1.29, 1.82) is 0 Å². The Morgan fingerprint density at radius 3 is 2.50 bits per heavy atom. The minimum absolute atomic E-state index is 0.110. The van der Waals surface area contributed by atoms with E-state index in [0.717, 1.165) is 24.0 Å². The summed E-state index contributed by atoms with van der Waals surface area (Å²) in [4.78, 5) is 12.0. The third-order valence-corrected chi connectivity index (χ3v) is 2.92. The van der Waals surface area contributed by atoms with Crippen LogP contribution in [-0.4, -0.2) is 12.6 Å². The van der Waals surface area contributed by atoms with Gasteiger partial charge in [-0.1, -0.05) is 36.9 Å². The van der Waals surface area contributed by atoms with E-state index in [0.29, 0.717) is 6.61 Å². The summed E-state index contributed by atoms with van der Waals surface area (Å²) in [5.41, 5.74) is 1.58. The van der Waals surface area contributed by atoms with Gasteiger partial charge in [0.15, 0.2) is 0 Å². The van der Waals surface area contributed by atoms with Crippen molar-refractivity contribution in [3.8, 4) is 0 Å². The Morgan fingerprint density at radius 2 is 2.00 bits per heavy atom. The highest BCUT2D eigenvalue weighted by Crippen LogP contribution is 2.49. The molecule has 0 N–H and O–H groups in total. The summed E-state index contributed by atoms with van der Waals surface area (Å²) in [6.45, 7) is 5.91. The predicted octanol–water partition coefficient (Wildman–Crippen LogP) is 2.84. The predicted molar refractivity (Wildman–Crippen MR) is 63.1 cm³/mol. The molecule has 84 valence electrons. The third kappa shape index (κ3) is 2.01. The van der Waals surface area contributed by atoms with Crippen LogP contribution in [0.25, 0.3) is 0 Å². The second-order valence-corrected chi connectivity index (χ2v) is 4.48. The van der Waals surface area contributed by atoms with E-state index >= 15 is 0 Å². The van der Waals surface area contributed by atoms with E-state index in [4.69, 9.17) is 4.74 Å². The second-order valence-electron chi connectivity index (χ2n) is 4.48. The lowest BCUT2D eigenvalue weighted by Crippen LogP contribution is -2.23. The molecule has 1 aliphatic rings. The summed E-state index contributed by atoms with van der Waals surface area (Å²) in [6, 6.07) is 9.87. The zero-order chi connectivity index (χ0) is 11.6. The average molecular weight is 216 g/mol. The minimum Gasteiger partial charge on any atom is -0.461 e. The molecule has 1 aliphatic carbocycles. The molecule has 2 heteroatoms. The largest absolute Gasteiger partial charge is 0.461 e. The van der Waals surface area contributed by atoms with Gasteiger partial charge in [-0.15, -0.1) is 0 Å². The summed E-state index contributed by atoms with van der Waals surface area (Å²) in [7, 11) is 0. The van der Waals surface area contributed by atoms with Gasteiger partial charge in [0.2, 0.25) is 0 Å². The molecule has 1 aromatic carbocycles. The molecule has 0 saturated heterocycles. The van der Waals surface area contributed by atoms with Crippen molar-refractivity contribution in [2.75, 3.05) is 6.61 Å². The van der Waals surface area contributed by atoms with Gasteiger partial charge in [0.05, 0.1) is 5.41 Å². The van der Waals surface area contributed by atoms with E-state index in [1.54, 1.807) is 0 Å². The molecule has 0 aromatic heterocycles. The van der Waals surface area contributed by atoms with Crippen LogP contribution in [0.1, 0.15) is 25.3 Å². The van der Waals surface area contributed by atoms with Crippen LogP contribution in [0.2, 0.25) is 0 Å². The molecule has 0 heterocycles. The van der Waals surface area contributed by atoms with Crippen LogP contribution in [0.3, 0.4) is 0 Å². The number of carbonyl (C=O) groups excluding carboxylic acids is 1. The maximum Gasteiger partial charge on any atom is 0.316 e. The van der Waals surface area contributed by atoms with Crippen LogP contribution in [-0.2, 0) is 14.9 Å². The van der Waals surface area contributed by atoms with Gasteiger partial charge >= 0.3 is 5.97 Å². The summed E-state index contributed by atoms with van der Waals surface area (Å²) in [6.07, 6.45) is 1.79. The van der Waals surface area contributed by atoms with Gasteiger partial charge in [0, 0.05) is 0 Å². The Balaban J connectivity index is 2.09. The van der Waals surface area contributed by atoms with Gasteiger partial charge in [-0.05, 0) is 30.9 Å². The van der Waals surface area contributed by atoms with Crippen molar-refractivity contribution >= 4 is 5.97 Å². The van der Waals surface area contributed by atoms with E-state index in [9.17, 15) is 4.79 Å². The highest BCUT2D eigenvalue weighted by Gasteiger charge is 2.52. The number of esters is 1. The zero-order valence-electron chi connectivity index (χ0n) is 9.53. The van der Waals surface area contributed by atoms with Gasteiger partial charge in [0.25, 0.3) is 0 Å².